The van der Waals surface area contributed by atoms with E-state index in [1.807, 2.05) is 19.1 Å². The van der Waals surface area contributed by atoms with Gasteiger partial charge >= 0.3 is 11.9 Å². The van der Waals surface area contributed by atoms with Crippen LogP contribution in [0.5, 0.6) is 11.5 Å². The molecule has 0 radical (unpaired) electrons. The first-order valence-corrected chi connectivity index (χ1v) is 9.99. The molecule has 150 valence electrons. The van der Waals surface area contributed by atoms with E-state index in [0.29, 0.717) is 11.1 Å². The first kappa shape index (κ1) is 18.6. The monoisotopic (exact) mass is 400 g/mol. The van der Waals surface area contributed by atoms with Gasteiger partial charge in [-0.1, -0.05) is 36.4 Å². The van der Waals surface area contributed by atoms with Gasteiger partial charge in [-0.25, -0.2) is 9.59 Å². The molecule has 1 fully saturated rings. The molecule has 2 atom stereocenters. The van der Waals surface area contributed by atoms with Gasteiger partial charge in [0.1, 0.15) is 0 Å². The van der Waals surface area contributed by atoms with E-state index in [1.54, 1.807) is 54.6 Å². The Bertz CT molecular complexity index is 1120. The minimum Gasteiger partial charge on any atom is -0.419 e. The summed E-state index contributed by atoms with van der Waals surface area (Å²) in [4.78, 5) is 25.4. The molecule has 3 aromatic rings. The Hall–Kier alpha value is -3.44. The van der Waals surface area contributed by atoms with E-state index in [2.05, 4.69) is 0 Å². The zero-order chi connectivity index (χ0) is 20.7. The predicted molar refractivity (Wildman–Crippen MR) is 110 cm³/mol. The van der Waals surface area contributed by atoms with Crippen LogP contribution in [-0.2, 0) is 4.74 Å². The maximum Gasteiger partial charge on any atom is 0.343 e. The highest BCUT2D eigenvalue weighted by Crippen LogP contribution is 2.55. The molecule has 5 heteroatoms. The fourth-order valence-electron chi connectivity index (χ4n) is 4.24. The van der Waals surface area contributed by atoms with Crippen molar-refractivity contribution >= 4 is 11.9 Å². The van der Waals surface area contributed by atoms with Crippen LogP contribution in [0, 0.1) is 6.92 Å². The van der Waals surface area contributed by atoms with E-state index in [-0.39, 0.29) is 23.7 Å². The predicted octanol–water partition coefficient (Wildman–Crippen LogP) is 5.34. The first-order valence-electron chi connectivity index (χ1n) is 9.99. The van der Waals surface area contributed by atoms with E-state index in [4.69, 9.17) is 14.2 Å². The Morgan fingerprint density at radius 2 is 1.40 bits per heavy atom. The van der Waals surface area contributed by atoms with Crippen LogP contribution >= 0.6 is 0 Å². The summed E-state index contributed by atoms with van der Waals surface area (Å²) in [5, 5.41) is 0. The van der Waals surface area contributed by atoms with Crippen molar-refractivity contribution in [1.29, 1.82) is 0 Å². The van der Waals surface area contributed by atoms with Crippen molar-refractivity contribution < 1.29 is 23.8 Å². The summed E-state index contributed by atoms with van der Waals surface area (Å²) >= 11 is 0. The second-order valence-electron chi connectivity index (χ2n) is 7.53. The fraction of sp³-hybridized carbons (Fsp3) is 0.200. The highest BCUT2D eigenvalue weighted by molar-refractivity contribution is 5.93. The number of hydrogen-bond donors (Lipinski definition) is 0. The number of carbonyl (C=O) groups is 2. The second-order valence-corrected chi connectivity index (χ2v) is 7.53. The van der Waals surface area contributed by atoms with Crippen LogP contribution in [0.4, 0.5) is 0 Å². The SMILES string of the molecule is Cc1c(OC(=O)c2ccccc2)c(OC(=O)c2ccccc2)cc2c1C1CCC2O1. The third-order valence-corrected chi connectivity index (χ3v) is 5.67. The van der Waals surface area contributed by atoms with Crippen LogP contribution < -0.4 is 9.47 Å². The van der Waals surface area contributed by atoms with E-state index in [1.165, 1.54) is 0 Å². The smallest absolute Gasteiger partial charge is 0.343 e. The largest absolute Gasteiger partial charge is 0.419 e. The van der Waals surface area contributed by atoms with Crippen molar-refractivity contribution in [2.75, 3.05) is 0 Å². The summed E-state index contributed by atoms with van der Waals surface area (Å²) in [6.45, 7) is 1.89. The minimum absolute atomic E-state index is 0.00180. The molecule has 2 bridgehead atoms. The number of rotatable bonds is 4. The molecule has 0 N–H and O–H groups in total. The second kappa shape index (κ2) is 7.43. The van der Waals surface area contributed by atoms with Crippen LogP contribution in [0.15, 0.2) is 66.7 Å². The van der Waals surface area contributed by atoms with Gasteiger partial charge in [0.05, 0.1) is 23.3 Å². The molecule has 0 aromatic heterocycles. The Morgan fingerprint density at radius 1 is 0.833 bits per heavy atom. The van der Waals surface area contributed by atoms with Gasteiger partial charge in [0, 0.05) is 5.56 Å². The quantitative estimate of drug-likeness (QED) is 0.437. The standard InChI is InChI=1S/C25H20O5/c1-15-22-18(19-12-13-20(22)28-19)14-21(29-24(26)16-8-4-2-5-9-16)23(15)30-25(27)17-10-6-3-7-11-17/h2-11,14,19-20H,12-13H2,1H3. The summed E-state index contributed by atoms with van der Waals surface area (Å²) in [6, 6.07) is 19.3. The van der Waals surface area contributed by atoms with Gasteiger partial charge in [0.2, 0.25) is 0 Å². The average Bonchev–Trinajstić information content (AvgIpc) is 3.39. The molecule has 2 aliphatic rings. The van der Waals surface area contributed by atoms with Gasteiger partial charge in [-0.3, -0.25) is 0 Å². The molecule has 0 aliphatic carbocycles. The van der Waals surface area contributed by atoms with Crippen LogP contribution in [0.2, 0.25) is 0 Å². The zero-order valence-corrected chi connectivity index (χ0v) is 16.5. The van der Waals surface area contributed by atoms with Gasteiger partial charge in [0.15, 0.2) is 11.5 Å². The molecule has 0 saturated carbocycles. The highest BCUT2D eigenvalue weighted by atomic mass is 16.6. The molecular formula is C25H20O5. The van der Waals surface area contributed by atoms with Crippen molar-refractivity contribution in [1.82, 2.24) is 0 Å². The molecule has 5 rings (SSSR count). The highest BCUT2D eigenvalue weighted by Gasteiger charge is 2.41. The van der Waals surface area contributed by atoms with Gasteiger partial charge in [0.25, 0.3) is 0 Å². The third kappa shape index (κ3) is 3.17. The minimum atomic E-state index is -0.504. The molecule has 0 amide bonds. The van der Waals surface area contributed by atoms with Crippen molar-refractivity contribution in [2.24, 2.45) is 0 Å². The van der Waals surface area contributed by atoms with Gasteiger partial charge in [-0.15, -0.1) is 0 Å². The van der Waals surface area contributed by atoms with Gasteiger partial charge in [-0.2, -0.15) is 0 Å². The number of carbonyl (C=O) groups excluding carboxylic acids is 2. The lowest BCUT2D eigenvalue weighted by atomic mass is 9.88. The van der Waals surface area contributed by atoms with Gasteiger partial charge < -0.3 is 14.2 Å². The van der Waals surface area contributed by atoms with Crippen LogP contribution in [0.25, 0.3) is 0 Å². The number of benzene rings is 3. The maximum absolute atomic E-state index is 12.7. The number of fused-ring (bicyclic) bond motifs is 5. The zero-order valence-electron chi connectivity index (χ0n) is 16.5. The summed E-state index contributed by atoms with van der Waals surface area (Å²) in [5.41, 5.74) is 3.69. The Balaban J connectivity index is 1.55. The molecule has 5 nitrogen and oxygen atoms in total. The van der Waals surface area contributed by atoms with E-state index in [9.17, 15) is 9.59 Å². The maximum atomic E-state index is 12.7. The van der Waals surface area contributed by atoms with E-state index < -0.39 is 11.9 Å². The van der Waals surface area contributed by atoms with Crippen molar-refractivity contribution in [2.45, 2.75) is 32.0 Å². The number of ether oxygens (including phenoxy) is 3. The normalized spacial score (nSPS) is 18.7. The van der Waals surface area contributed by atoms with E-state index in [0.717, 1.165) is 29.5 Å². The Labute approximate surface area is 174 Å². The van der Waals surface area contributed by atoms with Crippen molar-refractivity contribution in [3.63, 3.8) is 0 Å². The van der Waals surface area contributed by atoms with E-state index >= 15 is 0 Å². The molecule has 2 unspecified atom stereocenters. The summed E-state index contributed by atoms with van der Waals surface area (Å²) in [6.07, 6.45) is 1.87. The average molecular weight is 400 g/mol. The number of hydrogen-bond acceptors (Lipinski definition) is 5. The summed E-state index contributed by atoms with van der Waals surface area (Å²) < 4.78 is 17.5. The van der Waals surface area contributed by atoms with Gasteiger partial charge in [-0.05, 0) is 61.2 Å². The molecule has 0 spiro atoms. The first-order chi connectivity index (χ1) is 14.6. The lowest BCUT2D eigenvalue weighted by Gasteiger charge is -2.20. The topological polar surface area (TPSA) is 61.8 Å². The summed E-state index contributed by atoms with van der Waals surface area (Å²) in [5.74, 6) is -0.501. The molecule has 3 aromatic carbocycles. The molecule has 2 heterocycles. The van der Waals surface area contributed by atoms with Crippen LogP contribution in [0.1, 0.15) is 62.5 Å². The Kier molecular flexibility index (Phi) is 4.60. The van der Waals surface area contributed by atoms with Crippen molar-refractivity contribution in [3.05, 3.63) is 94.5 Å². The molecule has 30 heavy (non-hydrogen) atoms. The van der Waals surface area contributed by atoms with Crippen molar-refractivity contribution in [3.8, 4) is 11.5 Å². The van der Waals surface area contributed by atoms with Crippen LogP contribution in [-0.4, -0.2) is 11.9 Å². The summed E-state index contributed by atoms with van der Waals surface area (Å²) in [7, 11) is 0. The molecule has 1 saturated heterocycles. The Morgan fingerprint density at radius 3 is 2.03 bits per heavy atom. The van der Waals surface area contributed by atoms with Crippen LogP contribution in [0.3, 0.4) is 0 Å². The lowest BCUT2D eigenvalue weighted by Crippen LogP contribution is -2.15. The molecule has 2 aliphatic heterocycles. The fourth-order valence-corrected chi connectivity index (χ4v) is 4.24. The third-order valence-electron chi connectivity index (χ3n) is 5.67. The number of esters is 2. The lowest BCUT2D eigenvalue weighted by molar-refractivity contribution is 0.0681. The molecular weight excluding hydrogens is 380 g/mol.